The van der Waals surface area contributed by atoms with E-state index in [-0.39, 0.29) is 32.7 Å². The molecule has 0 radical (unpaired) electrons. The van der Waals surface area contributed by atoms with E-state index in [2.05, 4.69) is 148 Å². The topological polar surface area (TPSA) is 111 Å². The zero-order chi connectivity index (χ0) is 47.7. The number of carbonyl (C=O) groups is 3. The molecule has 0 rings (SSSR count). The molecule has 65 heavy (non-hydrogen) atoms. The van der Waals surface area contributed by atoms with Crippen molar-refractivity contribution in [2.45, 2.75) is 155 Å². The molecule has 364 valence electrons. The van der Waals surface area contributed by atoms with E-state index in [1.807, 2.05) is 21.1 Å². The molecule has 0 aromatic carbocycles. The van der Waals surface area contributed by atoms with Crippen molar-refractivity contribution in [3.8, 4) is 0 Å². The van der Waals surface area contributed by atoms with Gasteiger partial charge in [-0.25, -0.2) is 0 Å². The van der Waals surface area contributed by atoms with Crippen LogP contribution >= 0.6 is 0 Å². The first-order valence-corrected chi connectivity index (χ1v) is 24.3. The summed E-state index contributed by atoms with van der Waals surface area (Å²) in [6.45, 7) is 4.38. The van der Waals surface area contributed by atoms with Gasteiger partial charge in [0.25, 0.3) is 0 Å². The third-order valence-corrected chi connectivity index (χ3v) is 9.39. The second kappa shape index (κ2) is 46.0. The van der Waals surface area contributed by atoms with Gasteiger partial charge < -0.3 is 33.3 Å². The molecule has 0 saturated heterocycles. The number of carboxylic acids is 1. The number of allylic oxidation sites excluding steroid dienone is 22. The van der Waals surface area contributed by atoms with E-state index in [9.17, 15) is 19.5 Å². The van der Waals surface area contributed by atoms with Crippen molar-refractivity contribution in [3.63, 3.8) is 0 Å². The monoisotopic (exact) mass is 902 g/mol. The number of nitrogens with zero attached hydrogens (tertiary/aromatic N) is 1. The minimum absolute atomic E-state index is 0.125. The molecule has 0 saturated carbocycles. The number of carbonyl (C=O) groups excluding carboxylic acids is 3. The smallest absolute Gasteiger partial charge is 0.306 e. The first-order valence-electron chi connectivity index (χ1n) is 24.3. The SMILES string of the molecule is CC/C=C\C/C=C\C/C=C\C/C=C\C/C=C\C/C=C\C/C=C\C/C=C\CCCCC(=O)OC(COC(=O)CCCCC/C=C\C/C=C\C/C=C\CC)COC(OCC[N+](C)(C)C)C(=O)[O-]. The van der Waals surface area contributed by atoms with Gasteiger partial charge in [-0.1, -0.05) is 154 Å². The first kappa shape index (κ1) is 60.4. The van der Waals surface area contributed by atoms with Crippen LogP contribution in [0.4, 0.5) is 0 Å². The lowest BCUT2D eigenvalue weighted by Gasteiger charge is -2.26. The predicted molar refractivity (Wildman–Crippen MR) is 269 cm³/mol. The number of carboxylic acid groups (broad SMARTS) is 1. The van der Waals surface area contributed by atoms with Crippen LogP contribution < -0.4 is 5.11 Å². The zero-order valence-electron chi connectivity index (χ0n) is 41.0. The minimum Gasteiger partial charge on any atom is -0.545 e. The van der Waals surface area contributed by atoms with E-state index in [0.717, 1.165) is 103 Å². The van der Waals surface area contributed by atoms with Gasteiger partial charge in [0.1, 0.15) is 13.2 Å². The van der Waals surface area contributed by atoms with Crippen LogP contribution in [-0.2, 0) is 33.3 Å². The molecule has 2 unspecified atom stereocenters. The average Bonchev–Trinajstić information content (AvgIpc) is 3.27. The van der Waals surface area contributed by atoms with Gasteiger partial charge in [-0.15, -0.1) is 0 Å². The highest BCUT2D eigenvalue weighted by Crippen LogP contribution is 2.10. The van der Waals surface area contributed by atoms with Crippen molar-refractivity contribution >= 4 is 17.9 Å². The van der Waals surface area contributed by atoms with Gasteiger partial charge in [0, 0.05) is 12.8 Å². The standard InChI is InChI=1S/C56H87NO8/c1-6-8-10-12-14-16-18-20-21-22-23-24-25-26-27-28-29-30-31-32-33-35-37-39-41-43-45-47-54(59)65-52(51-64-56(55(60)61)62-49-48-57(3,4)5)50-63-53(58)46-44-42-40-38-36-34-19-17-15-13-11-9-7-2/h8-11,14-17,20-21,23-24,26-27,29-30,32-34,36-37,39,52,56H,6-7,12-13,18-19,22,25,28,31,35,38,40-51H2,1-5H3/b10-8-,11-9-,16-14-,17-15-,21-20-,24-23-,27-26-,30-29-,33-32-,36-34-,39-37-. The molecule has 0 bridgehead atoms. The molecule has 0 amide bonds. The average molecular weight is 902 g/mol. The number of rotatable bonds is 42. The number of esters is 2. The normalized spacial score (nSPS) is 14.0. The van der Waals surface area contributed by atoms with Crippen molar-refractivity contribution in [1.29, 1.82) is 0 Å². The highest BCUT2D eigenvalue weighted by atomic mass is 16.7. The Morgan fingerprint density at radius 2 is 0.831 bits per heavy atom. The van der Waals surface area contributed by atoms with Crippen LogP contribution in [0, 0.1) is 0 Å². The highest BCUT2D eigenvalue weighted by Gasteiger charge is 2.21. The Hall–Kier alpha value is -4.57. The number of quaternary nitrogens is 1. The van der Waals surface area contributed by atoms with Crippen molar-refractivity contribution in [3.05, 3.63) is 134 Å². The Bertz CT molecular complexity index is 1520. The van der Waals surface area contributed by atoms with Gasteiger partial charge in [0.05, 0.1) is 40.3 Å². The lowest BCUT2D eigenvalue weighted by molar-refractivity contribution is -0.870. The third kappa shape index (κ3) is 47.2. The van der Waals surface area contributed by atoms with Gasteiger partial charge in [-0.05, 0) is 109 Å². The molecule has 0 spiro atoms. The van der Waals surface area contributed by atoms with Crippen LogP contribution in [0.1, 0.15) is 142 Å². The number of hydrogen-bond donors (Lipinski definition) is 0. The van der Waals surface area contributed by atoms with Crippen LogP contribution in [0.5, 0.6) is 0 Å². The molecule has 0 N–H and O–H groups in total. The van der Waals surface area contributed by atoms with Crippen molar-refractivity contribution < 1.29 is 42.9 Å². The van der Waals surface area contributed by atoms with Crippen molar-refractivity contribution in [2.75, 3.05) is 47.5 Å². The summed E-state index contributed by atoms with van der Waals surface area (Å²) in [5.74, 6) is -2.41. The molecule has 9 nitrogen and oxygen atoms in total. The van der Waals surface area contributed by atoms with Gasteiger partial charge >= 0.3 is 11.9 Å². The maximum absolute atomic E-state index is 12.8. The molecular formula is C56H87NO8. The number of hydrogen-bond acceptors (Lipinski definition) is 8. The first-order chi connectivity index (χ1) is 31.6. The van der Waals surface area contributed by atoms with Crippen LogP contribution in [0.2, 0.25) is 0 Å². The fraction of sp³-hybridized carbons (Fsp3) is 0.554. The molecule has 0 fully saturated rings. The Morgan fingerprint density at radius 1 is 0.462 bits per heavy atom. The largest absolute Gasteiger partial charge is 0.545 e. The molecule has 0 heterocycles. The van der Waals surface area contributed by atoms with Crippen LogP contribution in [0.3, 0.4) is 0 Å². The summed E-state index contributed by atoms with van der Waals surface area (Å²) in [5.41, 5.74) is 0. The lowest BCUT2D eigenvalue weighted by atomic mass is 10.1. The third-order valence-electron chi connectivity index (χ3n) is 9.39. The molecule has 0 aliphatic rings. The van der Waals surface area contributed by atoms with Crippen molar-refractivity contribution in [1.82, 2.24) is 0 Å². The maximum atomic E-state index is 12.8. The summed E-state index contributed by atoms with van der Waals surface area (Å²) in [6.07, 6.45) is 62.1. The van der Waals surface area contributed by atoms with Gasteiger partial charge in [0.15, 0.2) is 12.4 Å². The molecule has 0 aromatic heterocycles. The Kier molecular flexibility index (Phi) is 42.7. The lowest BCUT2D eigenvalue weighted by Crippen LogP contribution is -2.44. The van der Waals surface area contributed by atoms with Gasteiger partial charge in [-0.3, -0.25) is 9.59 Å². The minimum atomic E-state index is -1.65. The van der Waals surface area contributed by atoms with E-state index >= 15 is 0 Å². The summed E-state index contributed by atoms with van der Waals surface area (Å²) in [7, 11) is 5.87. The van der Waals surface area contributed by atoms with Crippen LogP contribution in [0.15, 0.2) is 134 Å². The molecule has 9 heteroatoms. The maximum Gasteiger partial charge on any atom is 0.306 e. The second-order valence-corrected chi connectivity index (χ2v) is 16.6. The number of ether oxygens (including phenoxy) is 4. The number of unbranched alkanes of at least 4 members (excludes halogenated alkanes) is 5. The van der Waals surface area contributed by atoms with E-state index in [1.54, 1.807) is 0 Å². The zero-order valence-corrected chi connectivity index (χ0v) is 41.0. The fourth-order valence-corrected chi connectivity index (χ4v) is 5.68. The molecule has 0 aliphatic heterocycles. The molecule has 0 aliphatic carbocycles. The number of aliphatic carboxylic acids is 1. The summed E-state index contributed by atoms with van der Waals surface area (Å²) >= 11 is 0. The summed E-state index contributed by atoms with van der Waals surface area (Å²) < 4.78 is 22.5. The fourth-order valence-electron chi connectivity index (χ4n) is 5.68. The van der Waals surface area contributed by atoms with E-state index in [1.165, 1.54) is 0 Å². The Balaban J connectivity index is 4.50. The number of likely N-dealkylation sites (N-methyl/N-ethyl adjacent to an activating group) is 1. The molecule has 2 atom stereocenters. The van der Waals surface area contributed by atoms with Gasteiger partial charge in [-0.2, -0.15) is 0 Å². The van der Waals surface area contributed by atoms with Gasteiger partial charge in [0.2, 0.25) is 0 Å². The highest BCUT2D eigenvalue weighted by molar-refractivity contribution is 5.70. The van der Waals surface area contributed by atoms with E-state index in [0.29, 0.717) is 23.9 Å². The van der Waals surface area contributed by atoms with E-state index in [4.69, 9.17) is 18.9 Å². The van der Waals surface area contributed by atoms with Crippen LogP contribution in [0.25, 0.3) is 0 Å². The molecular weight excluding hydrogens is 815 g/mol. The summed E-state index contributed by atoms with van der Waals surface area (Å²) in [6, 6.07) is 0. The van der Waals surface area contributed by atoms with E-state index < -0.39 is 30.3 Å². The Morgan fingerprint density at radius 3 is 1.23 bits per heavy atom. The summed E-state index contributed by atoms with van der Waals surface area (Å²) in [5, 5.41) is 11.7. The van der Waals surface area contributed by atoms with Crippen LogP contribution in [-0.4, -0.2) is 82.3 Å². The summed E-state index contributed by atoms with van der Waals surface area (Å²) in [4.78, 5) is 37.0. The second-order valence-electron chi connectivity index (χ2n) is 16.6. The quantitative estimate of drug-likeness (QED) is 0.0196. The van der Waals surface area contributed by atoms with Crippen molar-refractivity contribution in [2.24, 2.45) is 0 Å². The predicted octanol–water partition coefficient (Wildman–Crippen LogP) is 12.2. The Labute approximate surface area is 395 Å². The molecule has 0 aromatic rings.